The molecule has 1 aliphatic heterocycles. The summed E-state index contributed by atoms with van der Waals surface area (Å²) in [7, 11) is 0. The molecule has 5 heteroatoms. The highest BCUT2D eigenvalue weighted by molar-refractivity contribution is 6.13. The molecule has 1 atom stereocenters. The zero-order valence-electron chi connectivity index (χ0n) is 11.1. The van der Waals surface area contributed by atoms with E-state index in [2.05, 4.69) is 0 Å². The molecule has 0 aromatic carbocycles. The van der Waals surface area contributed by atoms with E-state index in [0.717, 1.165) is 4.90 Å². The first kappa shape index (κ1) is 14.6. The lowest BCUT2D eigenvalue weighted by Gasteiger charge is -2.25. The van der Waals surface area contributed by atoms with E-state index in [0.29, 0.717) is 6.42 Å². The normalized spacial score (nSPS) is 17.4. The van der Waals surface area contributed by atoms with E-state index in [1.54, 1.807) is 0 Å². The maximum Gasteiger partial charge on any atom is 0.253 e. The number of amides is 2. The summed E-state index contributed by atoms with van der Waals surface area (Å²) < 4.78 is 0. The number of rotatable bonds is 5. The molecule has 0 radical (unpaired) electrons. The van der Waals surface area contributed by atoms with Gasteiger partial charge in [-0.15, -0.1) is 0 Å². The summed E-state index contributed by atoms with van der Waals surface area (Å²) in [5.41, 5.74) is 5.46. The molecule has 2 N–H and O–H groups in total. The maximum absolute atomic E-state index is 11.9. The van der Waals surface area contributed by atoms with Gasteiger partial charge in [-0.05, 0) is 5.41 Å². The minimum Gasteiger partial charge on any atom is -0.328 e. The van der Waals surface area contributed by atoms with Gasteiger partial charge >= 0.3 is 0 Å². The molecule has 1 rings (SSSR count). The van der Waals surface area contributed by atoms with E-state index in [1.807, 2.05) is 20.8 Å². The standard InChI is InChI=1S/C13H20N2O3/c1-13(2,3)7-10(16)6-9(8-14)15-11(17)4-5-12(15)18/h4-5,9H,6-8,14H2,1-3H3. The van der Waals surface area contributed by atoms with E-state index in [4.69, 9.17) is 5.73 Å². The van der Waals surface area contributed by atoms with Crippen molar-refractivity contribution in [3.8, 4) is 0 Å². The number of nitrogens with two attached hydrogens (primary N) is 1. The highest BCUT2D eigenvalue weighted by Crippen LogP contribution is 2.21. The van der Waals surface area contributed by atoms with Crippen LogP contribution in [0.1, 0.15) is 33.6 Å². The molecule has 1 aliphatic rings. The maximum atomic E-state index is 11.9. The van der Waals surface area contributed by atoms with Crippen LogP contribution in [0.5, 0.6) is 0 Å². The molecular weight excluding hydrogens is 232 g/mol. The topological polar surface area (TPSA) is 80.5 Å². The minimum atomic E-state index is -0.533. The van der Waals surface area contributed by atoms with Gasteiger partial charge in [-0.3, -0.25) is 19.3 Å². The molecule has 1 unspecified atom stereocenters. The molecule has 0 saturated carbocycles. The molecule has 0 aliphatic carbocycles. The Labute approximate surface area is 107 Å². The average molecular weight is 252 g/mol. The van der Waals surface area contributed by atoms with E-state index in [-0.39, 0.29) is 36.0 Å². The van der Waals surface area contributed by atoms with Gasteiger partial charge in [-0.2, -0.15) is 0 Å². The summed E-state index contributed by atoms with van der Waals surface area (Å²) >= 11 is 0. The monoisotopic (exact) mass is 252 g/mol. The third kappa shape index (κ3) is 3.77. The van der Waals surface area contributed by atoms with Gasteiger partial charge in [0.15, 0.2) is 0 Å². The number of ketones is 1. The number of hydrogen-bond donors (Lipinski definition) is 1. The van der Waals surface area contributed by atoms with Crippen molar-refractivity contribution in [3.63, 3.8) is 0 Å². The van der Waals surface area contributed by atoms with Crippen LogP contribution in [0.25, 0.3) is 0 Å². The number of imide groups is 1. The largest absolute Gasteiger partial charge is 0.328 e. The lowest BCUT2D eigenvalue weighted by Crippen LogP contribution is -2.45. The Hall–Kier alpha value is -1.49. The van der Waals surface area contributed by atoms with Crippen LogP contribution >= 0.6 is 0 Å². The van der Waals surface area contributed by atoms with Gasteiger partial charge in [-0.25, -0.2) is 0 Å². The Morgan fingerprint density at radius 3 is 2.17 bits per heavy atom. The second-order valence-electron chi connectivity index (χ2n) is 5.75. The van der Waals surface area contributed by atoms with Crippen molar-refractivity contribution in [2.75, 3.05) is 6.54 Å². The van der Waals surface area contributed by atoms with E-state index in [1.165, 1.54) is 12.2 Å². The van der Waals surface area contributed by atoms with Crippen molar-refractivity contribution in [1.29, 1.82) is 0 Å². The van der Waals surface area contributed by atoms with Crippen LogP contribution in [-0.2, 0) is 14.4 Å². The summed E-state index contributed by atoms with van der Waals surface area (Å²) in [5.74, 6) is -0.761. The predicted molar refractivity (Wildman–Crippen MR) is 67.5 cm³/mol. The fourth-order valence-corrected chi connectivity index (χ4v) is 1.98. The molecule has 0 bridgehead atoms. The first-order chi connectivity index (χ1) is 8.24. The molecule has 18 heavy (non-hydrogen) atoms. The summed E-state index contributed by atoms with van der Waals surface area (Å²) in [6.07, 6.45) is 2.96. The quantitative estimate of drug-likeness (QED) is 0.728. The van der Waals surface area contributed by atoms with Gasteiger partial charge in [0.2, 0.25) is 0 Å². The molecule has 1 heterocycles. The van der Waals surface area contributed by atoms with E-state index in [9.17, 15) is 14.4 Å². The van der Waals surface area contributed by atoms with Crippen LogP contribution in [0.15, 0.2) is 12.2 Å². The van der Waals surface area contributed by atoms with Crippen molar-refractivity contribution >= 4 is 17.6 Å². The van der Waals surface area contributed by atoms with Gasteiger partial charge in [0.1, 0.15) is 5.78 Å². The number of Topliss-reactive ketones (excluding diaryl/α,β-unsaturated/α-hetero) is 1. The van der Waals surface area contributed by atoms with Gasteiger partial charge < -0.3 is 5.73 Å². The Morgan fingerprint density at radius 1 is 1.28 bits per heavy atom. The van der Waals surface area contributed by atoms with Gasteiger partial charge in [0.25, 0.3) is 11.8 Å². The summed E-state index contributed by atoms with van der Waals surface area (Å²) in [6.45, 7) is 6.01. The van der Waals surface area contributed by atoms with Crippen LogP contribution < -0.4 is 5.73 Å². The second kappa shape index (κ2) is 5.44. The third-order valence-corrected chi connectivity index (χ3v) is 2.67. The highest BCUT2D eigenvalue weighted by atomic mass is 16.2. The highest BCUT2D eigenvalue weighted by Gasteiger charge is 2.32. The fourth-order valence-electron chi connectivity index (χ4n) is 1.98. The molecule has 0 aromatic rings. The SMILES string of the molecule is CC(C)(C)CC(=O)CC(CN)N1C(=O)C=CC1=O. The van der Waals surface area contributed by atoms with Crippen LogP contribution in [-0.4, -0.2) is 35.1 Å². The van der Waals surface area contributed by atoms with Crippen LogP contribution in [0, 0.1) is 5.41 Å². The zero-order valence-corrected chi connectivity index (χ0v) is 11.1. The van der Waals surface area contributed by atoms with E-state index >= 15 is 0 Å². The van der Waals surface area contributed by atoms with Crippen molar-refractivity contribution < 1.29 is 14.4 Å². The van der Waals surface area contributed by atoms with Gasteiger partial charge in [-0.1, -0.05) is 20.8 Å². The minimum absolute atomic E-state index is 0.0189. The first-order valence-corrected chi connectivity index (χ1v) is 6.01. The Morgan fingerprint density at radius 2 is 1.78 bits per heavy atom. The van der Waals surface area contributed by atoms with Gasteiger partial charge in [0, 0.05) is 31.5 Å². The molecule has 0 fully saturated rings. The van der Waals surface area contributed by atoms with Crippen LogP contribution in [0.2, 0.25) is 0 Å². The summed E-state index contributed by atoms with van der Waals surface area (Å²) in [5, 5.41) is 0. The average Bonchev–Trinajstić information content (AvgIpc) is 2.53. The molecule has 2 amide bonds. The molecule has 0 spiro atoms. The molecule has 100 valence electrons. The summed E-state index contributed by atoms with van der Waals surface area (Å²) in [6, 6.07) is -0.533. The number of hydrogen-bond acceptors (Lipinski definition) is 4. The Balaban J connectivity index is 2.66. The van der Waals surface area contributed by atoms with E-state index < -0.39 is 6.04 Å². The lowest BCUT2D eigenvalue weighted by molar-refractivity contribution is -0.139. The number of carbonyl (C=O) groups is 3. The Bertz CT molecular complexity index is 376. The second-order valence-corrected chi connectivity index (χ2v) is 5.75. The number of nitrogens with zero attached hydrogens (tertiary/aromatic N) is 1. The fraction of sp³-hybridized carbons (Fsp3) is 0.615. The third-order valence-electron chi connectivity index (χ3n) is 2.67. The van der Waals surface area contributed by atoms with Crippen LogP contribution in [0.3, 0.4) is 0 Å². The molecule has 0 aromatic heterocycles. The van der Waals surface area contributed by atoms with Crippen molar-refractivity contribution in [3.05, 3.63) is 12.2 Å². The van der Waals surface area contributed by atoms with Crippen molar-refractivity contribution in [2.45, 2.75) is 39.7 Å². The molecule has 0 saturated heterocycles. The Kier molecular flexibility index (Phi) is 4.40. The zero-order chi connectivity index (χ0) is 13.9. The number of carbonyl (C=O) groups excluding carboxylic acids is 3. The van der Waals surface area contributed by atoms with Crippen LogP contribution in [0.4, 0.5) is 0 Å². The van der Waals surface area contributed by atoms with Crippen molar-refractivity contribution in [2.24, 2.45) is 11.1 Å². The van der Waals surface area contributed by atoms with Gasteiger partial charge in [0.05, 0.1) is 6.04 Å². The predicted octanol–water partition coefficient (Wildman–Crippen LogP) is 0.634. The molecular formula is C13H20N2O3. The van der Waals surface area contributed by atoms with Crippen molar-refractivity contribution in [1.82, 2.24) is 4.90 Å². The molecule has 5 nitrogen and oxygen atoms in total. The summed E-state index contributed by atoms with van der Waals surface area (Å²) in [4.78, 5) is 35.9. The lowest BCUT2D eigenvalue weighted by atomic mass is 9.88. The smallest absolute Gasteiger partial charge is 0.253 e. The first-order valence-electron chi connectivity index (χ1n) is 6.01.